The van der Waals surface area contributed by atoms with Crippen LogP contribution in [0, 0.1) is 0 Å². The van der Waals surface area contributed by atoms with Gasteiger partial charge in [0.2, 0.25) is 0 Å². The van der Waals surface area contributed by atoms with Crippen LogP contribution < -0.4 is 5.73 Å². The summed E-state index contributed by atoms with van der Waals surface area (Å²) in [7, 11) is 0. The summed E-state index contributed by atoms with van der Waals surface area (Å²) in [4.78, 5) is 2.52. The van der Waals surface area contributed by atoms with E-state index in [4.69, 9.17) is 10.5 Å². The maximum atomic E-state index is 5.98. The Hall–Kier alpha value is -0.120. The molecular weight excluding hydrogens is 200 g/mol. The van der Waals surface area contributed by atoms with E-state index >= 15 is 0 Å². The summed E-state index contributed by atoms with van der Waals surface area (Å²) in [5, 5.41) is 0. The van der Waals surface area contributed by atoms with Gasteiger partial charge in [-0.2, -0.15) is 0 Å². The average Bonchev–Trinajstić information content (AvgIpc) is 2.15. The zero-order valence-electron chi connectivity index (χ0n) is 11.5. The van der Waals surface area contributed by atoms with Gasteiger partial charge in [0, 0.05) is 25.2 Å². The topological polar surface area (TPSA) is 38.5 Å². The highest BCUT2D eigenvalue weighted by atomic mass is 16.5. The Labute approximate surface area is 100 Å². The standard InChI is InChI=1S/C13H28N2O/c1-6-7-13(5,9-14)15-8-11(2)16-12(3,4)10-15/h11H,6-10,14H2,1-5H3. The smallest absolute Gasteiger partial charge is 0.0757 e. The van der Waals surface area contributed by atoms with E-state index in [2.05, 4.69) is 39.5 Å². The van der Waals surface area contributed by atoms with E-state index in [9.17, 15) is 0 Å². The minimum atomic E-state index is -0.0537. The Balaban J connectivity index is 2.77. The second-order valence-corrected chi connectivity index (χ2v) is 6.02. The number of nitrogens with two attached hydrogens (primary N) is 1. The lowest BCUT2D eigenvalue weighted by atomic mass is 9.90. The molecule has 96 valence electrons. The van der Waals surface area contributed by atoms with Gasteiger partial charge in [-0.25, -0.2) is 0 Å². The minimum absolute atomic E-state index is 0.0537. The van der Waals surface area contributed by atoms with Crippen molar-refractivity contribution < 1.29 is 4.74 Å². The van der Waals surface area contributed by atoms with Crippen molar-refractivity contribution in [3.05, 3.63) is 0 Å². The molecule has 0 aromatic rings. The second-order valence-electron chi connectivity index (χ2n) is 6.02. The molecule has 1 aliphatic heterocycles. The summed E-state index contributed by atoms with van der Waals surface area (Å²) in [5.41, 5.74) is 6.05. The van der Waals surface area contributed by atoms with Crippen LogP contribution in [-0.4, -0.2) is 41.8 Å². The normalized spacial score (nSPS) is 30.0. The molecule has 2 unspecified atom stereocenters. The maximum Gasteiger partial charge on any atom is 0.0757 e. The van der Waals surface area contributed by atoms with Crippen molar-refractivity contribution in [2.75, 3.05) is 19.6 Å². The predicted octanol–water partition coefficient (Wildman–Crippen LogP) is 2.00. The highest BCUT2D eigenvalue weighted by molar-refractivity contribution is 4.94. The van der Waals surface area contributed by atoms with Gasteiger partial charge in [0.25, 0.3) is 0 Å². The van der Waals surface area contributed by atoms with Crippen molar-refractivity contribution in [2.45, 2.75) is 64.7 Å². The molecule has 1 aliphatic rings. The lowest BCUT2D eigenvalue weighted by molar-refractivity contribution is -0.151. The lowest BCUT2D eigenvalue weighted by Gasteiger charge is -2.50. The van der Waals surface area contributed by atoms with Crippen molar-refractivity contribution in [1.29, 1.82) is 0 Å². The molecule has 1 heterocycles. The molecule has 0 amide bonds. The molecule has 0 bridgehead atoms. The fourth-order valence-corrected chi connectivity index (χ4v) is 2.79. The van der Waals surface area contributed by atoms with Crippen LogP contribution in [0.4, 0.5) is 0 Å². The molecule has 1 rings (SSSR count). The molecular formula is C13H28N2O. The van der Waals surface area contributed by atoms with E-state index < -0.39 is 0 Å². The second kappa shape index (κ2) is 5.03. The maximum absolute atomic E-state index is 5.98. The number of hydrogen-bond donors (Lipinski definition) is 1. The highest BCUT2D eigenvalue weighted by Crippen LogP contribution is 2.29. The highest BCUT2D eigenvalue weighted by Gasteiger charge is 2.39. The van der Waals surface area contributed by atoms with Gasteiger partial charge in [-0.15, -0.1) is 0 Å². The molecule has 1 saturated heterocycles. The number of hydrogen-bond acceptors (Lipinski definition) is 3. The predicted molar refractivity (Wildman–Crippen MR) is 68.6 cm³/mol. The number of rotatable bonds is 4. The van der Waals surface area contributed by atoms with E-state index in [0.29, 0.717) is 6.10 Å². The Morgan fingerprint density at radius 3 is 2.56 bits per heavy atom. The van der Waals surface area contributed by atoms with E-state index in [-0.39, 0.29) is 11.1 Å². The van der Waals surface area contributed by atoms with Gasteiger partial charge in [-0.05, 0) is 34.1 Å². The van der Waals surface area contributed by atoms with E-state index in [1.54, 1.807) is 0 Å². The molecule has 0 saturated carbocycles. The van der Waals surface area contributed by atoms with Crippen molar-refractivity contribution in [3.63, 3.8) is 0 Å². The Kier molecular flexibility index (Phi) is 4.38. The summed E-state index contributed by atoms with van der Waals surface area (Å²) in [6, 6.07) is 0. The first-order valence-electron chi connectivity index (χ1n) is 6.46. The summed E-state index contributed by atoms with van der Waals surface area (Å²) < 4.78 is 5.94. The summed E-state index contributed by atoms with van der Waals surface area (Å²) in [6.45, 7) is 13.7. The quantitative estimate of drug-likeness (QED) is 0.800. The molecule has 0 aromatic carbocycles. The molecule has 1 fully saturated rings. The van der Waals surface area contributed by atoms with Gasteiger partial charge in [-0.3, -0.25) is 4.90 Å². The third-order valence-electron chi connectivity index (χ3n) is 3.56. The molecule has 0 aliphatic carbocycles. The first-order chi connectivity index (χ1) is 7.33. The number of ether oxygens (including phenoxy) is 1. The van der Waals surface area contributed by atoms with Crippen LogP contribution in [0.1, 0.15) is 47.5 Å². The van der Waals surface area contributed by atoms with Crippen LogP contribution in [-0.2, 0) is 4.74 Å². The number of nitrogens with zero attached hydrogens (tertiary/aromatic N) is 1. The summed E-state index contributed by atoms with van der Waals surface area (Å²) in [5.74, 6) is 0. The van der Waals surface area contributed by atoms with E-state index in [0.717, 1.165) is 26.1 Å². The third-order valence-corrected chi connectivity index (χ3v) is 3.56. The van der Waals surface area contributed by atoms with Crippen LogP contribution in [0.2, 0.25) is 0 Å². The van der Waals surface area contributed by atoms with Crippen LogP contribution in [0.15, 0.2) is 0 Å². The molecule has 0 aromatic heterocycles. The van der Waals surface area contributed by atoms with Crippen LogP contribution in [0.5, 0.6) is 0 Å². The molecule has 2 atom stereocenters. The van der Waals surface area contributed by atoms with E-state index in [1.807, 2.05) is 0 Å². The molecule has 2 N–H and O–H groups in total. The van der Waals surface area contributed by atoms with Gasteiger partial charge >= 0.3 is 0 Å². The van der Waals surface area contributed by atoms with Crippen LogP contribution in [0.3, 0.4) is 0 Å². The summed E-state index contributed by atoms with van der Waals surface area (Å²) in [6.07, 6.45) is 2.64. The number of morpholine rings is 1. The van der Waals surface area contributed by atoms with Gasteiger partial charge in [0.1, 0.15) is 0 Å². The fourth-order valence-electron chi connectivity index (χ4n) is 2.79. The van der Waals surface area contributed by atoms with Crippen molar-refractivity contribution in [2.24, 2.45) is 5.73 Å². The SMILES string of the molecule is CCCC(C)(CN)N1CC(C)OC(C)(C)C1. The molecule has 3 nitrogen and oxygen atoms in total. The van der Waals surface area contributed by atoms with Crippen molar-refractivity contribution in [3.8, 4) is 0 Å². The largest absolute Gasteiger partial charge is 0.370 e. The van der Waals surface area contributed by atoms with E-state index in [1.165, 1.54) is 6.42 Å². The summed E-state index contributed by atoms with van der Waals surface area (Å²) >= 11 is 0. The molecule has 16 heavy (non-hydrogen) atoms. The van der Waals surface area contributed by atoms with Crippen molar-refractivity contribution >= 4 is 0 Å². The molecule has 0 radical (unpaired) electrons. The van der Waals surface area contributed by atoms with Gasteiger partial charge in [0.05, 0.1) is 11.7 Å². The zero-order chi connectivity index (χ0) is 12.4. The Bertz CT molecular complexity index is 230. The minimum Gasteiger partial charge on any atom is -0.370 e. The third kappa shape index (κ3) is 3.19. The lowest BCUT2D eigenvalue weighted by Crippen LogP contribution is -2.62. The van der Waals surface area contributed by atoms with Crippen LogP contribution >= 0.6 is 0 Å². The molecule has 0 spiro atoms. The molecule has 3 heteroatoms. The Morgan fingerprint density at radius 2 is 2.12 bits per heavy atom. The van der Waals surface area contributed by atoms with Crippen LogP contribution in [0.25, 0.3) is 0 Å². The average molecular weight is 228 g/mol. The first-order valence-corrected chi connectivity index (χ1v) is 6.46. The monoisotopic (exact) mass is 228 g/mol. The van der Waals surface area contributed by atoms with Gasteiger partial charge < -0.3 is 10.5 Å². The van der Waals surface area contributed by atoms with Gasteiger partial charge in [0.15, 0.2) is 0 Å². The zero-order valence-corrected chi connectivity index (χ0v) is 11.5. The van der Waals surface area contributed by atoms with Gasteiger partial charge in [-0.1, -0.05) is 13.3 Å². The Morgan fingerprint density at radius 1 is 1.50 bits per heavy atom. The van der Waals surface area contributed by atoms with Crippen molar-refractivity contribution in [1.82, 2.24) is 4.90 Å². The first kappa shape index (κ1) is 13.9. The fraction of sp³-hybridized carbons (Fsp3) is 1.00.